The van der Waals surface area contributed by atoms with Gasteiger partial charge in [-0.15, -0.1) is 11.3 Å². The lowest BCUT2D eigenvalue weighted by Gasteiger charge is -2.11. The number of benzene rings is 5. The number of thiophene rings is 1. The monoisotopic (exact) mass is 590 g/mol. The lowest BCUT2D eigenvalue weighted by molar-refractivity contribution is 1.31. The number of nitrogens with zero attached hydrogens (tertiary/aromatic N) is 4. The SMILES string of the molecule is N#Cc1ccnc(-c2cccc(-c3ccc4c(c3)sc3cc(-c5cccc(-c6cc(C#N)ccn6)c5)c5ccccc5c34)c2)c1. The third kappa shape index (κ3) is 4.69. The Hall–Kier alpha value is -6.14. The molecule has 0 amide bonds. The summed E-state index contributed by atoms with van der Waals surface area (Å²) in [5.41, 5.74) is 9.24. The van der Waals surface area contributed by atoms with E-state index in [-0.39, 0.29) is 0 Å². The number of fused-ring (bicyclic) bond motifs is 5. The molecule has 0 radical (unpaired) electrons. The van der Waals surface area contributed by atoms with Crippen LogP contribution in [0.3, 0.4) is 0 Å². The van der Waals surface area contributed by atoms with Crippen LogP contribution in [0, 0.1) is 22.7 Å². The predicted octanol–water partition coefficient (Wildman–Crippen LogP) is 10.4. The summed E-state index contributed by atoms with van der Waals surface area (Å²) in [7, 11) is 0. The molecular formula is C40H22N4S. The van der Waals surface area contributed by atoms with Gasteiger partial charge in [0, 0.05) is 43.7 Å². The van der Waals surface area contributed by atoms with Crippen LogP contribution < -0.4 is 0 Å². The predicted molar refractivity (Wildman–Crippen MR) is 184 cm³/mol. The molecule has 0 aliphatic heterocycles. The lowest BCUT2D eigenvalue weighted by atomic mass is 9.93. The molecule has 0 aliphatic rings. The van der Waals surface area contributed by atoms with Crippen LogP contribution in [0.15, 0.2) is 134 Å². The summed E-state index contributed by atoms with van der Waals surface area (Å²) < 4.78 is 2.46. The van der Waals surface area contributed by atoms with Crippen molar-refractivity contribution in [3.05, 3.63) is 145 Å². The highest BCUT2D eigenvalue weighted by molar-refractivity contribution is 7.26. The molecule has 0 spiro atoms. The average Bonchev–Trinajstić information content (AvgIpc) is 3.49. The normalized spacial score (nSPS) is 11.1. The van der Waals surface area contributed by atoms with Gasteiger partial charge in [-0.25, -0.2) is 0 Å². The van der Waals surface area contributed by atoms with Gasteiger partial charge in [-0.2, -0.15) is 10.5 Å². The van der Waals surface area contributed by atoms with Crippen LogP contribution in [-0.2, 0) is 0 Å². The minimum atomic E-state index is 0.596. The first-order valence-electron chi connectivity index (χ1n) is 14.5. The molecule has 4 nitrogen and oxygen atoms in total. The molecule has 0 saturated carbocycles. The third-order valence-corrected chi connectivity index (χ3v) is 9.32. The highest BCUT2D eigenvalue weighted by Crippen LogP contribution is 2.44. The number of nitriles is 2. The van der Waals surface area contributed by atoms with E-state index in [9.17, 15) is 10.5 Å². The highest BCUT2D eigenvalue weighted by Gasteiger charge is 2.15. The highest BCUT2D eigenvalue weighted by atomic mass is 32.1. The molecule has 0 bridgehead atoms. The zero-order chi connectivity index (χ0) is 30.3. The van der Waals surface area contributed by atoms with Crippen molar-refractivity contribution in [2.45, 2.75) is 0 Å². The van der Waals surface area contributed by atoms with Crippen LogP contribution in [0.25, 0.3) is 75.7 Å². The van der Waals surface area contributed by atoms with Gasteiger partial charge in [0.15, 0.2) is 0 Å². The fraction of sp³-hybridized carbons (Fsp3) is 0. The van der Waals surface area contributed by atoms with E-state index in [2.05, 4.69) is 101 Å². The molecule has 3 heterocycles. The Labute approximate surface area is 263 Å². The van der Waals surface area contributed by atoms with E-state index < -0.39 is 0 Å². The second-order valence-electron chi connectivity index (χ2n) is 10.9. The first-order valence-corrected chi connectivity index (χ1v) is 15.3. The maximum atomic E-state index is 9.39. The van der Waals surface area contributed by atoms with Gasteiger partial charge in [-0.05, 0) is 81.6 Å². The fourth-order valence-electron chi connectivity index (χ4n) is 6.08. The molecular weight excluding hydrogens is 569 g/mol. The lowest BCUT2D eigenvalue weighted by Crippen LogP contribution is -1.87. The zero-order valence-electron chi connectivity index (χ0n) is 23.9. The summed E-state index contributed by atoms with van der Waals surface area (Å²) in [6, 6.07) is 45.9. The Kier molecular flexibility index (Phi) is 6.38. The maximum Gasteiger partial charge on any atom is 0.0992 e. The molecule has 45 heavy (non-hydrogen) atoms. The molecule has 8 aromatic rings. The number of aromatic nitrogens is 2. The smallest absolute Gasteiger partial charge is 0.0992 e. The van der Waals surface area contributed by atoms with Gasteiger partial charge in [-0.1, -0.05) is 72.8 Å². The van der Waals surface area contributed by atoms with Gasteiger partial charge in [0.2, 0.25) is 0 Å². The van der Waals surface area contributed by atoms with Gasteiger partial charge in [-0.3, -0.25) is 9.97 Å². The summed E-state index contributed by atoms with van der Waals surface area (Å²) >= 11 is 1.81. The molecule has 3 aromatic heterocycles. The van der Waals surface area contributed by atoms with Gasteiger partial charge in [0.25, 0.3) is 0 Å². The Morgan fingerprint density at radius 3 is 1.76 bits per heavy atom. The standard InChI is InChI=1S/C40H22N4S/c41-23-25-13-15-43-36(17-25)30-7-3-5-27(19-30)28-11-12-34-38(21-28)45-39-22-35(32-9-1-2-10-33(32)40(34)39)29-6-4-8-31(20-29)37-18-26(24-42)14-16-44-37/h1-22H. The van der Waals surface area contributed by atoms with Gasteiger partial charge >= 0.3 is 0 Å². The van der Waals surface area contributed by atoms with E-state index in [0.717, 1.165) is 39.2 Å². The van der Waals surface area contributed by atoms with Crippen LogP contribution in [0.1, 0.15) is 11.1 Å². The van der Waals surface area contributed by atoms with E-state index in [1.54, 1.807) is 24.5 Å². The fourth-order valence-corrected chi connectivity index (χ4v) is 7.28. The van der Waals surface area contributed by atoms with Gasteiger partial charge < -0.3 is 0 Å². The molecule has 208 valence electrons. The topological polar surface area (TPSA) is 73.4 Å². The van der Waals surface area contributed by atoms with Crippen LogP contribution >= 0.6 is 11.3 Å². The first kappa shape index (κ1) is 26.5. The largest absolute Gasteiger partial charge is 0.256 e. The molecule has 8 rings (SSSR count). The maximum absolute atomic E-state index is 9.39. The quantitative estimate of drug-likeness (QED) is 0.204. The molecule has 0 unspecified atom stereocenters. The molecule has 5 aromatic carbocycles. The molecule has 0 saturated heterocycles. The van der Waals surface area contributed by atoms with Gasteiger partial charge in [0.05, 0.1) is 34.7 Å². The number of hydrogen-bond acceptors (Lipinski definition) is 5. The molecule has 0 aliphatic carbocycles. The summed E-state index contributed by atoms with van der Waals surface area (Å²) in [5.74, 6) is 0. The number of hydrogen-bond donors (Lipinski definition) is 0. The Morgan fingerprint density at radius 1 is 0.467 bits per heavy atom. The van der Waals surface area contributed by atoms with Crippen LogP contribution in [0.2, 0.25) is 0 Å². The van der Waals surface area contributed by atoms with E-state index >= 15 is 0 Å². The van der Waals surface area contributed by atoms with Gasteiger partial charge in [0.1, 0.15) is 0 Å². The van der Waals surface area contributed by atoms with E-state index in [0.29, 0.717) is 11.1 Å². The van der Waals surface area contributed by atoms with E-state index in [4.69, 9.17) is 0 Å². The second-order valence-corrected chi connectivity index (χ2v) is 12.0. The third-order valence-electron chi connectivity index (χ3n) is 8.22. The molecule has 0 N–H and O–H groups in total. The van der Waals surface area contributed by atoms with Crippen LogP contribution in [0.4, 0.5) is 0 Å². The van der Waals surface area contributed by atoms with Crippen LogP contribution in [0.5, 0.6) is 0 Å². The summed E-state index contributed by atoms with van der Waals surface area (Å²) in [4.78, 5) is 9.03. The minimum absolute atomic E-state index is 0.596. The zero-order valence-corrected chi connectivity index (χ0v) is 24.7. The van der Waals surface area contributed by atoms with Crippen molar-refractivity contribution >= 4 is 42.3 Å². The van der Waals surface area contributed by atoms with Crippen molar-refractivity contribution in [2.24, 2.45) is 0 Å². The first-order chi connectivity index (χ1) is 22.2. The Morgan fingerprint density at radius 2 is 1.07 bits per heavy atom. The van der Waals surface area contributed by atoms with E-state index in [1.807, 2.05) is 41.7 Å². The molecule has 0 fully saturated rings. The van der Waals surface area contributed by atoms with E-state index in [1.165, 1.54) is 36.5 Å². The summed E-state index contributed by atoms with van der Waals surface area (Å²) in [5, 5.41) is 23.7. The van der Waals surface area contributed by atoms with Crippen molar-refractivity contribution in [2.75, 3.05) is 0 Å². The molecule has 0 atom stereocenters. The number of rotatable bonds is 4. The van der Waals surface area contributed by atoms with Crippen molar-refractivity contribution in [1.29, 1.82) is 10.5 Å². The second kappa shape index (κ2) is 10.8. The Bertz CT molecular complexity index is 2530. The summed E-state index contributed by atoms with van der Waals surface area (Å²) in [6.45, 7) is 0. The van der Waals surface area contributed by atoms with Crippen molar-refractivity contribution < 1.29 is 0 Å². The van der Waals surface area contributed by atoms with Crippen molar-refractivity contribution in [3.8, 4) is 56.9 Å². The average molecular weight is 591 g/mol. The van der Waals surface area contributed by atoms with Crippen molar-refractivity contribution in [1.82, 2.24) is 9.97 Å². The summed E-state index contributed by atoms with van der Waals surface area (Å²) in [6.07, 6.45) is 3.37. The molecule has 5 heteroatoms. The van der Waals surface area contributed by atoms with Crippen molar-refractivity contribution in [3.63, 3.8) is 0 Å². The van der Waals surface area contributed by atoms with Crippen LogP contribution in [-0.4, -0.2) is 9.97 Å². The minimum Gasteiger partial charge on any atom is -0.256 e. The Balaban J connectivity index is 1.26. The number of pyridine rings is 2.